The molecular formula is C12H14S. The van der Waals surface area contributed by atoms with Crippen molar-refractivity contribution in [2.75, 3.05) is 6.26 Å². The van der Waals surface area contributed by atoms with Crippen molar-refractivity contribution in [2.45, 2.75) is 11.8 Å². The van der Waals surface area contributed by atoms with Crippen molar-refractivity contribution >= 4 is 23.9 Å². The molecule has 0 unspecified atom stereocenters. The van der Waals surface area contributed by atoms with E-state index in [0.717, 1.165) is 5.56 Å². The van der Waals surface area contributed by atoms with Gasteiger partial charge in [-0.25, -0.2) is 0 Å². The van der Waals surface area contributed by atoms with Crippen molar-refractivity contribution < 1.29 is 0 Å². The van der Waals surface area contributed by atoms with Gasteiger partial charge in [0, 0.05) is 4.90 Å². The van der Waals surface area contributed by atoms with Crippen LogP contribution < -0.4 is 0 Å². The summed E-state index contributed by atoms with van der Waals surface area (Å²) in [6.45, 7) is 9.72. The average molecular weight is 190 g/mol. The Hall–Kier alpha value is -0.950. The third-order valence-corrected chi connectivity index (χ3v) is 3.02. The van der Waals surface area contributed by atoms with E-state index in [1.165, 1.54) is 16.0 Å². The van der Waals surface area contributed by atoms with E-state index < -0.39 is 0 Å². The Labute approximate surface area is 84.4 Å². The summed E-state index contributed by atoms with van der Waals surface area (Å²) in [6.07, 6.45) is 5.85. The monoisotopic (exact) mass is 190 g/mol. The lowest BCUT2D eigenvalue weighted by atomic mass is 10.0. The molecule has 0 saturated carbocycles. The van der Waals surface area contributed by atoms with E-state index >= 15 is 0 Å². The van der Waals surface area contributed by atoms with Gasteiger partial charge in [-0.2, -0.15) is 0 Å². The fourth-order valence-electron chi connectivity index (χ4n) is 1.40. The molecule has 1 aromatic rings. The molecule has 0 nitrogen and oxygen atoms in total. The number of thioether (sulfide) groups is 1. The lowest BCUT2D eigenvalue weighted by Crippen LogP contribution is -1.88. The van der Waals surface area contributed by atoms with E-state index in [1.54, 1.807) is 11.8 Å². The number of hydrogen-bond donors (Lipinski definition) is 0. The molecule has 0 aromatic heterocycles. The zero-order chi connectivity index (χ0) is 9.84. The van der Waals surface area contributed by atoms with Gasteiger partial charge in [0.1, 0.15) is 0 Å². The minimum absolute atomic E-state index is 1.16. The minimum atomic E-state index is 1.16. The molecule has 0 aliphatic rings. The van der Waals surface area contributed by atoms with Gasteiger partial charge in [-0.3, -0.25) is 0 Å². The Morgan fingerprint density at radius 3 is 2.38 bits per heavy atom. The normalized spacial score (nSPS) is 9.69. The van der Waals surface area contributed by atoms with Gasteiger partial charge in [-0.1, -0.05) is 31.4 Å². The third-order valence-electron chi connectivity index (χ3n) is 2.14. The fourth-order valence-corrected chi connectivity index (χ4v) is 2.02. The Balaban J connectivity index is 3.39. The standard InChI is InChI=1S/C12H14S/c1-5-10-7-8-12(13-4)9(3)11(10)6-2/h5-8H,1-2H2,3-4H3. The second kappa shape index (κ2) is 4.33. The molecule has 68 valence electrons. The topological polar surface area (TPSA) is 0 Å². The molecule has 0 radical (unpaired) electrons. The smallest absolute Gasteiger partial charge is 0.0105 e. The van der Waals surface area contributed by atoms with Gasteiger partial charge in [0.2, 0.25) is 0 Å². The van der Waals surface area contributed by atoms with Crippen molar-refractivity contribution in [3.63, 3.8) is 0 Å². The van der Waals surface area contributed by atoms with Gasteiger partial charge < -0.3 is 0 Å². The minimum Gasteiger partial charge on any atom is -0.129 e. The molecule has 0 amide bonds. The molecule has 0 aliphatic heterocycles. The Bertz CT molecular complexity index is 337. The van der Waals surface area contributed by atoms with Crippen molar-refractivity contribution in [3.05, 3.63) is 42.0 Å². The number of benzene rings is 1. The number of hydrogen-bond acceptors (Lipinski definition) is 1. The van der Waals surface area contributed by atoms with Crippen LogP contribution in [-0.4, -0.2) is 6.26 Å². The van der Waals surface area contributed by atoms with E-state index in [2.05, 4.69) is 38.5 Å². The predicted octanol–water partition coefficient (Wildman–Crippen LogP) is 4.00. The molecule has 0 heterocycles. The van der Waals surface area contributed by atoms with E-state index in [1.807, 2.05) is 12.2 Å². The van der Waals surface area contributed by atoms with Crippen molar-refractivity contribution in [1.29, 1.82) is 0 Å². The highest BCUT2D eigenvalue weighted by Crippen LogP contribution is 2.26. The van der Waals surface area contributed by atoms with Crippen LogP contribution >= 0.6 is 11.8 Å². The van der Waals surface area contributed by atoms with E-state index in [4.69, 9.17) is 0 Å². The van der Waals surface area contributed by atoms with Crippen LogP contribution in [0, 0.1) is 6.92 Å². The first-order valence-corrected chi connectivity index (χ1v) is 5.39. The molecule has 1 aromatic carbocycles. The molecule has 1 heteroatoms. The van der Waals surface area contributed by atoms with Gasteiger partial charge in [-0.05, 0) is 35.9 Å². The fraction of sp³-hybridized carbons (Fsp3) is 0.167. The summed E-state index contributed by atoms with van der Waals surface area (Å²) in [4.78, 5) is 1.31. The Morgan fingerprint density at radius 2 is 1.92 bits per heavy atom. The molecule has 0 saturated heterocycles. The first kappa shape index (κ1) is 10.1. The van der Waals surface area contributed by atoms with Crippen LogP contribution in [-0.2, 0) is 0 Å². The van der Waals surface area contributed by atoms with Crippen molar-refractivity contribution in [1.82, 2.24) is 0 Å². The first-order valence-electron chi connectivity index (χ1n) is 4.17. The maximum Gasteiger partial charge on any atom is 0.0105 e. The maximum absolute atomic E-state index is 3.82. The molecule has 0 bridgehead atoms. The highest BCUT2D eigenvalue weighted by molar-refractivity contribution is 7.98. The summed E-state index contributed by atoms with van der Waals surface area (Å²) in [6, 6.07) is 4.22. The molecule has 0 fully saturated rings. The zero-order valence-corrected chi connectivity index (χ0v) is 8.95. The predicted molar refractivity (Wildman–Crippen MR) is 63.1 cm³/mol. The molecule has 1 rings (SSSR count). The largest absolute Gasteiger partial charge is 0.129 e. The molecular weight excluding hydrogens is 176 g/mol. The lowest BCUT2D eigenvalue weighted by Gasteiger charge is -2.09. The van der Waals surface area contributed by atoms with Crippen LogP contribution in [0.1, 0.15) is 16.7 Å². The lowest BCUT2D eigenvalue weighted by molar-refractivity contribution is 1.28. The van der Waals surface area contributed by atoms with Gasteiger partial charge in [-0.15, -0.1) is 11.8 Å². The second-order valence-corrected chi connectivity index (χ2v) is 3.65. The van der Waals surface area contributed by atoms with Crippen LogP contribution in [0.25, 0.3) is 12.2 Å². The van der Waals surface area contributed by atoms with Crippen molar-refractivity contribution in [3.8, 4) is 0 Å². The van der Waals surface area contributed by atoms with Crippen LogP contribution in [0.4, 0.5) is 0 Å². The average Bonchev–Trinajstić information content (AvgIpc) is 2.17. The highest BCUT2D eigenvalue weighted by Gasteiger charge is 2.03. The molecule has 0 N–H and O–H groups in total. The van der Waals surface area contributed by atoms with E-state index in [-0.39, 0.29) is 0 Å². The summed E-state index contributed by atoms with van der Waals surface area (Å²) in [5, 5.41) is 0. The quantitative estimate of drug-likeness (QED) is 0.649. The Morgan fingerprint density at radius 1 is 1.23 bits per heavy atom. The summed E-state index contributed by atoms with van der Waals surface area (Å²) in [5.74, 6) is 0. The number of rotatable bonds is 3. The summed E-state index contributed by atoms with van der Waals surface area (Å²) < 4.78 is 0. The summed E-state index contributed by atoms with van der Waals surface area (Å²) in [5.41, 5.74) is 3.65. The van der Waals surface area contributed by atoms with E-state index in [9.17, 15) is 0 Å². The van der Waals surface area contributed by atoms with Gasteiger partial charge >= 0.3 is 0 Å². The second-order valence-electron chi connectivity index (χ2n) is 2.80. The SMILES string of the molecule is C=Cc1ccc(SC)c(C)c1C=C. The summed E-state index contributed by atoms with van der Waals surface area (Å²) >= 11 is 1.76. The highest BCUT2D eigenvalue weighted by atomic mass is 32.2. The third kappa shape index (κ3) is 1.86. The molecule has 0 aliphatic carbocycles. The van der Waals surface area contributed by atoms with Gasteiger partial charge in [0.15, 0.2) is 0 Å². The maximum atomic E-state index is 3.82. The molecule has 0 atom stereocenters. The summed E-state index contributed by atoms with van der Waals surface area (Å²) in [7, 11) is 0. The van der Waals surface area contributed by atoms with Crippen LogP contribution in [0.15, 0.2) is 30.2 Å². The van der Waals surface area contributed by atoms with Gasteiger partial charge in [0.25, 0.3) is 0 Å². The van der Waals surface area contributed by atoms with Crippen molar-refractivity contribution in [2.24, 2.45) is 0 Å². The van der Waals surface area contributed by atoms with Gasteiger partial charge in [0.05, 0.1) is 0 Å². The van der Waals surface area contributed by atoms with Crippen LogP contribution in [0.5, 0.6) is 0 Å². The first-order chi connectivity index (χ1) is 6.24. The molecule has 0 spiro atoms. The van der Waals surface area contributed by atoms with Crippen LogP contribution in [0.3, 0.4) is 0 Å². The Kier molecular flexibility index (Phi) is 3.38. The zero-order valence-electron chi connectivity index (χ0n) is 8.13. The van der Waals surface area contributed by atoms with Crippen LogP contribution in [0.2, 0.25) is 0 Å². The molecule has 13 heavy (non-hydrogen) atoms. The van der Waals surface area contributed by atoms with E-state index in [0.29, 0.717) is 0 Å².